The Morgan fingerprint density at radius 1 is 1.30 bits per heavy atom. The van der Waals surface area contributed by atoms with Gasteiger partial charge in [0.05, 0.1) is 5.41 Å². The molecular formula is C22H23FN4O3. The van der Waals surface area contributed by atoms with Crippen molar-refractivity contribution >= 4 is 23.5 Å². The molecule has 1 aliphatic carbocycles. The summed E-state index contributed by atoms with van der Waals surface area (Å²) in [6, 6.07) is 12.6. The number of halogens is 1. The molecule has 8 heteroatoms. The number of guanidine groups is 1. The van der Waals surface area contributed by atoms with Crippen LogP contribution in [0.4, 0.5) is 10.1 Å². The van der Waals surface area contributed by atoms with Crippen LogP contribution >= 0.6 is 0 Å². The van der Waals surface area contributed by atoms with Gasteiger partial charge in [0, 0.05) is 18.3 Å². The van der Waals surface area contributed by atoms with Gasteiger partial charge >= 0.3 is 0 Å². The molecule has 0 bridgehead atoms. The van der Waals surface area contributed by atoms with Crippen LogP contribution in [-0.4, -0.2) is 34.8 Å². The molecule has 156 valence electrons. The Balaban J connectivity index is 1.67. The van der Waals surface area contributed by atoms with Crippen LogP contribution in [-0.2, 0) is 20.7 Å². The number of amides is 2. The SMILES string of the molecule is CN1C(=O)C2(C)C[C@]2(c2cc(NC(=O)C(C)(O)c3ccccc3)ccc2F)N=C1N. The monoisotopic (exact) mass is 410 g/mol. The molecule has 1 aliphatic heterocycles. The van der Waals surface area contributed by atoms with Crippen molar-refractivity contribution in [2.24, 2.45) is 16.1 Å². The Morgan fingerprint density at radius 2 is 1.97 bits per heavy atom. The fourth-order valence-electron chi connectivity index (χ4n) is 4.15. The summed E-state index contributed by atoms with van der Waals surface area (Å²) in [6.45, 7) is 3.12. The number of carbonyl (C=O) groups is 2. The van der Waals surface area contributed by atoms with Gasteiger partial charge in [0.25, 0.3) is 5.91 Å². The van der Waals surface area contributed by atoms with E-state index in [0.29, 0.717) is 12.0 Å². The lowest BCUT2D eigenvalue weighted by molar-refractivity contribution is -0.133. The van der Waals surface area contributed by atoms with Gasteiger partial charge in [-0.25, -0.2) is 9.38 Å². The van der Waals surface area contributed by atoms with E-state index in [0.717, 1.165) is 0 Å². The van der Waals surface area contributed by atoms with Crippen LogP contribution in [0.1, 0.15) is 31.4 Å². The first-order valence-corrected chi connectivity index (χ1v) is 9.56. The third kappa shape index (κ3) is 2.71. The number of nitrogens with one attached hydrogen (secondary N) is 1. The molecule has 7 nitrogen and oxygen atoms in total. The van der Waals surface area contributed by atoms with Crippen molar-refractivity contribution in [2.45, 2.75) is 31.4 Å². The molecule has 0 aromatic heterocycles. The van der Waals surface area contributed by atoms with Crippen LogP contribution in [0.15, 0.2) is 53.5 Å². The van der Waals surface area contributed by atoms with Crippen LogP contribution in [0.3, 0.4) is 0 Å². The fourth-order valence-corrected chi connectivity index (χ4v) is 4.15. The van der Waals surface area contributed by atoms with Crippen LogP contribution in [0, 0.1) is 11.2 Å². The third-order valence-electron chi connectivity index (χ3n) is 6.27. The molecule has 0 spiro atoms. The smallest absolute Gasteiger partial charge is 0.260 e. The lowest BCUT2D eigenvalue weighted by Gasteiger charge is -2.30. The number of hydrogen-bond donors (Lipinski definition) is 3. The molecule has 4 N–H and O–H groups in total. The topological polar surface area (TPSA) is 108 Å². The highest BCUT2D eigenvalue weighted by Crippen LogP contribution is 2.68. The van der Waals surface area contributed by atoms with Gasteiger partial charge in [0.1, 0.15) is 11.4 Å². The second kappa shape index (κ2) is 6.37. The molecule has 3 atom stereocenters. The first kappa shape index (κ1) is 20.0. The minimum Gasteiger partial charge on any atom is -0.376 e. The highest BCUT2D eigenvalue weighted by Gasteiger charge is 2.74. The standard InChI is InChI=1S/C22H23FN4O3/c1-20-12-22(20,26-19(24)27(3)18(20)29)15-11-14(9-10-16(15)23)25-17(28)21(2,30)13-7-5-4-6-8-13/h4-11,30H,12H2,1-3H3,(H2,24,26)(H,25,28)/t20?,21?,22-/m1/s1. The van der Waals surface area contributed by atoms with Crippen LogP contribution in [0.5, 0.6) is 0 Å². The molecule has 1 heterocycles. The zero-order chi connectivity index (χ0) is 21.9. The normalized spacial score (nSPS) is 27.0. The fraction of sp³-hybridized carbons (Fsp3) is 0.318. The van der Waals surface area contributed by atoms with Gasteiger partial charge in [0.15, 0.2) is 11.6 Å². The molecule has 30 heavy (non-hydrogen) atoms. The quantitative estimate of drug-likeness (QED) is 0.717. The van der Waals surface area contributed by atoms with E-state index in [4.69, 9.17) is 5.73 Å². The van der Waals surface area contributed by atoms with E-state index >= 15 is 0 Å². The average molecular weight is 410 g/mol. The Kier molecular flexibility index (Phi) is 4.25. The number of anilines is 1. The molecule has 4 rings (SSSR count). The summed E-state index contributed by atoms with van der Waals surface area (Å²) in [6.07, 6.45) is 0.319. The van der Waals surface area contributed by atoms with Crippen molar-refractivity contribution < 1.29 is 19.1 Å². The number of aliphatic imine (C=N–C) groups is 1. The van der Waals surface area contributed by atoms with E-state index in [1.165, 1.54) is 37.1 Å². The van der Waals surface area contributed by atoms with Crippen molar-refractivity contribution in [3.63, 3.8) is 0 Å². The summed E-state index contributed by atoms with van der Waals surface area (Å²) in [5, 5.41) is 13.3. The zero-order valence-electron chi connectivity index (χ0n) is 16.9. The molecule has 2 aromatic rings. The van der Waals surface area contributed by atoms with Crippen LogP contribution in [0.25, 0.3) is 0 Å². The van der Waals surface area contributed by atoms with Gasteiger partial charge in [0.2, 0.25) is 5.91 Å². The predicted molar refractivity (Wildman–Crippen MR) is 110 cm³/mol. The van der Waals surface area contributed by atoms with Gasteiger partial charge in [-0.05, 0) is 44.0 Å². The number of aliphatic hydroxyl groups is 1. The number of carbonyl (C=O) groups excluding carboxylic acids is 2. The van der Waals surface area contributed by atoms with E-state index in [2.05, 4.69) is 10.3 Å². The Hall–Kier alpha value is -3.26. The van der Waals surface area contributed by atoms with Gasteiger partial charge in [-0.15, -0.1) is 0 Å². The van der Waals surface area contributed by atoms with Gasteiger partial charge in [-0.2, -0.15) is 0 Å². The Bertz CT molecular complexity index is 1090. The van der Waals surface area contributed by atoms with Gasteiger partial charge in [-0.3, -0.25) is 14.5 Å². The maximum absolute atomic E-state index is 14.8. The molecular weight excluding hydrogens is 387 g/mol. The van der Waals surface area contributed by atoms with Crippen molar-refractivity contribution in [1.82, 2.24) is 4.90 Å². The summed E-state index contributed by atoms with van der Waals surface area (Å²) in [5.74, 6) is -1.41. The number of fused-ring (bicyclic) bond motifs is 1. The van der Waals surface area contributed by atoms with Crippen molar-refractivity contribution in [3.8, 4) is 0 Å². The minimum atomic E-state index is -1.78. The highest BCUT2D eigenvalue weighted by molar-refractivity contribution is 6.04. The maximum atomic E-state index is 14.8. The lowest BCUT2D eigenvalue weighted by Crippen LogP contribution is -2.48. The zero-order valence-corrected chi connectivity index (χ0v) is 16.9. The maximum Gasteiger partial charge on any atom is 0.260 e. The number of nitrogens with two attached hydrogens (primary N) is 1. The van der Waals surface area contributed by atoms with Crippen molar-refractivity contribution in [2.75, 3.05) is 12.4 Å². The minimum absolute atomic E-state index is 0.0239. The summed E-state index contributed by atoms with van der Waals surface area (Å²) >= 11 is 0. The van der Waals surface area contributed by atoms with Crippen molar-refractivity contribution in [3.05, 3.63) is 65.5 Å². The molecule has 2 amide bonds. The average Bonchev–Trinajstić information content (AvgIpc) is 3.34. The number of benzene rings is 2. The van der Waals surface area contributed by atoms with Crippen molar-refractivity contribution in [1.29, 1.82) is 0 Å². The summed E-state index contributed by atoms with van der Waals surface area (Å²) in [7, 11) is 1.54. The third-order valence-corrected chi connectivity index (χ3v) is 6.27. The number of rotatable bonds is 4. The van der Waals surface area contributed by atoms with E-state index in [1.807, 2.05) is 0 Å². The second-order valence-corrected chi connectivity index (χ2v) is 8.29. The first-order chi connectivity index (χ1) is 14.0. The van der Waals surface area contributed by atoms with Crippen LogP contribution in [0.2, 0.25) is 0 Å². The molecule has 1 fully saturated rings. The second-order valence-electron chi connectivity index (χ2n) is 8.29. The number of nitrogens with zero attached hydrogens (tertiary/aromatic N) is 2. The largest absolute Gasteiger partial charge is 0.376 e. The number of hydrogen-bond acceptors (Lipinski definition) is 5. The summed E-state index contributed by atoms with van der Waals surface area (Å²) < 4.78 is 14.8. The van der Waals surface area contributed by atoms with E-state index in [9.17, 15) is 19.1 Å². The lowest BCUT2D eigenvalue weighted by atomic mass is 9.91. The van der Waals surface area contributed by atoms with Gasteiger partial charge < -0.3 is 16.2 Å². The first-order valence-electron chi connectivity index (χ1n) is 9.56. The van der Waals surface area contributed by atoms with E-state index < -0.39 is 28.3 Å². The summed E-state index contributed by atoms with van der Waals surface area (Å²) in [4.78, 5) is 31.1. The molecule has 2 aromatic carbocycles. The molecule has 0 radical (unpaired) electrons. The highest BCUT2D eigenvalue weighted by atomic mass is 19.1. The molecule has 0 saturated heterocycles. The van der Waals surface area contributed by atoms with E-state index in [-0.39, 0.29) is 23.1 Å². The molecule has 2 unspecified atom stereocenters. The van der Waals surface area contributed by atoms with Gasteiger partial charge in [-0.1, -0.05) is 30.3 Å². The Labute approximate surface area is 173 Å². The molecule has 1 saturated carbocycles. The predicted octanol–water partition coefficient (Wildman–Crippen LogP) is 2.06. The Morgan fingerprint density at radius 3 is 2.63 bits per heavy atom. The summed E-state index contributed by atoms with van der Waals surface area (Å²) in [5.41, 5.74) is 3.00. The van der Waals surface area contributed by atoms with Crippen LogP contribution < -0.4 is 11.1 Å². The molecule has 2 aliphatic rings. The van der Waals surface area contributed by atoms with E-state index in [1.54, 1.807) is 37.3 Å².